The van der Waals surface area contributed by atoms with Crippen molar-refractivity contribution in [3.05, 3.63) is 12.7 Å². The summed E-state index contributed by atoms with van der Waals surface area (Å²) in [6.45, 7) is 3.12. The molecule has 0 unspecified atom stereocenters. The average molecular weight is 123 g/mol. The summed E-state index contributed by atoms with van der Waals surface area (Å²) in [6, 6.07) is 0. The van der Waals surface area contributed by atoms with Crippen molar-refractivity contribution in [2.45, 2.75) is 0 Å². The Morgan fingerprint density at radius 1 is 1.67 bits per heavy atom. The Hall–Kier alpha value is -1.56. The molecule has 0 aromatic rings. The average Bonchev–Trinajstić information content (AvgIpc) is 1.87. The lowest BCUT2D eigenvalue weighted by molar-refractivity contribution is -0.124. The van der Waals surface area contributed by atoms with Gasteiger partial charge >= 0.3 is 5.91 Å². The maximum atomic E-state index is 10.2. The summed E-state index contributed by atoms with van der Waals surface area (Å²) in [5, 5.41) is 1.85. The normalized spacial score (nSPS) is 7.00. The number of imide groups is 1. The van der Waals surface area contributed by atoms with E-state index in [-0.39, 0.29) is 0 Å². The van der Waals surface area contributed by atoms with Crippen molar-refractivity contribution < 1.29 is 9.59 Å². The van der Waals surface area contributed by atoms with Crippen molar-refractivity contribution in [1.29, 1.82) is 0 Å². The number of hydrogen-bond acceptors (Lipinski definition) is 2. The predicted octanol–water partition coefficient (Wildman–Crippen LogP) is -0.552. The topological polar surface area (TPSA) is 46.2 Å². The fourth-order valence-corrected chi connectivity index (χ4v) is 0.199. The molecule has 0 saturated carbocycles. The monoisotopic (exact) mass is 123 g/mol. The zero-order valence-electron chi connectivity index (χ0n) is 4.68. The van der Waals surface area contributed by atoms with Crippen LogP contribution in [0.2, 0.25) is 0 Å². The fraction of sp³-hybridized carbons (Fsp3) is 0. The smallest absolute Gasteiger partial charge is 0.282 e. The third kappa shape index (κ3) is 3.06. The van der Waals surface area contributed by atoms with Crippen LogP contribution in [0.3, 0.4) is 0 Å². The highest BCUT2D eigenvalue weighted by atomic mass is 16.2. The van der Waals surface area contributed by atoms with E-state index in [2.05, 4.69) is 13.0 Å². The van der Waals surface area contributed by atoms with E-state index in [1.165, 1.54) is 0 Å². The van der Waals surface area contributed by atoms with Gasteiger partial charge in [-0.1, -0.05) is 6.58 Å². The molecule has 0 fully saturated rings. The summed E-state index contributed by atoms with van der Waals surface area (Å²) in [5.41, 5.74) is 0. The molecule has 0 aromatic heterocycles. The first kappa shape index (κ1) is 7.44. The molecule has 0 aromatic carbocycles. The molecule has 0 bridgehead atoms. The number of amides is 2. The van der Waals surface area contributed by atoms with Gasteiger partial charge in [0.1, 0.15) is 0 Å². The van der Waals surface area contributed by atoms with E-state index < -0.39 is 11.8 Å². The Morgan fingerprint density at radius 2 is 2.22 bits per heavy atom. The molecule has 0 aliphatic rings. The molecular formula is C6H5NO2. The molecule has 0 aliphatic heterocycles. The maximum absolute atomic E-state index is 10.2. The van der Waals surface area contributed by atoms with Crippen LogP contribution in [0.25, 0.3) is 0 Å². The molecule has 0 spiro atoms. The standard InChI is InChI=1S/C6H5NO2/c1-3-5(8)7-6(9)4-2/h1,4H,2H2,(H,7,8,9). The lowest BCUT2D eigenvalue weighted by Crippen LogP contribution is -2.26. The molecule has 0 heterocycles. The SMILES string of the molecule is C#CC(=O)NC(=O)C=C. The largest absolute Gasteiger partial charge is 0.302 e. The molecule has 0 atom stereocenters. The quantitative estimate of drug-likeness (QED) is 0.375. The minimum atomic E-state index is -0.750. The zero-order chi connectivity index (χ0) is 7.28. The van der Waals surface area contributed by atoms with Crippen LogP contribution in [0.5, 0.6) is 0 Å². The number of nitrogens with one attached hydrogen (secondary N) is 1. The van der Waals surface area contributed by atoms with Gasteiger partial charge in [-0.3, -0.25) is 14.9 Å². The van der Waals surface area contributed by atoms with Gasteiger partial charge in [0.2, 0.25) is 0 Å². The van der Waals surface area contributed by atoms with Crippen molar-refractivity contribution in [2.24, 2.45) is 0 Å². The van der Waals surface area contributed by atoms with Gasteiger partial charge in [-0.15, -0.1) is 6.42 Å². The summed E-state index contributed by atoms with van der Waals surface area (Å²) < 4.78 is 0. The summed E-state index contributed by atoms with van der Waals surface area (Å²) in [4.78, 5) is 20.4. The summed E-state index contributed by atoms with van der Waals surface area (Å²) in [6.07, 6.45) is 5.59. The van der Waals surface area contributed by atoms with E-state index in [0.717, 1.165) is 6.08 Å². The number of hydrogen-bond donors (Lipinski definition) is 1. The zero-order valence-corrected chi connectivity index (χ0v) is 4.68. The third-order valence-electron chi connectivity index (χ3n) is 0.553. The van der Waals surface area contributed by atoms with Gasteiger partial charge in [-0.25, -0.2) is 0 Å². The van der Waals surface area contributed by atoms with Crippen molar-refractivity contribution in [2.75, 3.05) is 0 Å². The fourth-order valence-electron chi connectivity index (χ4n) is 0.199. The van der Waals surface area contributed by atoms with Gasteiger partial charge in [0.15, 0.2) is 0 Å². The molecule has 3 nitrogen and oxygen atoms in total. The van der Waals surface area contributed by atoms with Crippen molar-refractivity contribution >= 4 is 11.8 Å². The molecule has 9 heavy (non-hydrogen) atoms. The predicted molar refractivity (Wildman–Crippen MR) is 32.2 cm³/mol. The highest BCUT2D eigenvalue weighted by Gasteiger charge is 1.96. The second-order valence-corrected chi connectivity index (χ2v) is 1.17. The first-order valence-electron chi connectivity index (χ1n) is 2.14. The van der Waals surface area contributed by atoms with Gasteiger partial charge in [0.05, 0.1) is 0 Å². The highest BCUT2D eigenvalue weighted by molar-refractivity contribution is 6.07. The van der Waals surface area contributed by atoms with Gasteiger partial charge in [0, 0.05) is 0 Å². The summed E-state index contributed by atoms with van der Waals surface area (Å²) in [7, 11) is 0. The van der Waals surface area contributed by atoms with Gasteiger partial charge in [0.25, 0.3) is 5.91 Å². The highest BCUT2D eigenvalue weighted by Crippen LogP contribution is 1.65. The van der Waals surface area contributed by atoms with Crippen molar-refractivity contribution in [1.82, 2.24) is 5.32 Å². The molecule has 1 N–H and O–H groups in total. The molecule has 0 radical (unpaired) electrons. The van der Waals surface area contributed by atoms with Crippen molar-refractivity contribution in [3.8, 4) is 12.3 Å². The van der Waals surface area contributed by atoms with Crippen LogP contribution >= 0.6 is 0 Å². The van der Waals surface area contributed by atoms with E-state index in [0.29, 0.717) is 0 Å². The molecule has 0 rings (SSSR count). The Balaban J connectivity index is 3.77. The number of terminal acetylenes is 1. The van der Waals surface area contributed by atoms with E-state index in [1.54, 1.807) is 5.92 Å². The summed E-state index contributed by atoms with van der Waals surface area (Å²) >= 11 is 0. The van der Waals surface area contributed by atoms with E-state index in [1.807, 2.05) is 5.32 Å². The first-order chi connectivity index (χ1) is 4.20. The molecule has 3 heteroatoms. The van der Waals surface area contributed by atoms with Crippen molar-refractivity contribution in [3.63, 3.8) is 0 Å². The van der Waals surface area contributed by atoms with Gasteiger partial charge in [-0.2, -0.15) is 0 Å². The van der Waals surface area contributed by atoms with E-state index >= 15 is 0 Å². The lowest BCUT2D eigenvalue weighted by atomic mass is 10.5. The van der Waals surface area contributed by atoms with E-state index in [9.17, 15) is 9.59 Å². The third-order valence-corrected chi connectivity index (χ3v) is 0.553. The van der Waals surface area contributed by atoms with Crippen LogP contribution in [0.15, 0.2) is 12.7 Å². The second kappa shape index (κ2) is 3.44. The van der Waals surface area contributed by atoms with Crippen LogP contribution in [0, 0.1) is 12.3 Å². The summed E-state index contributed by atoms with van der Waals surface area (Å²) in [5.74, 6) is 0.376. The van der Waals surface area contributed by atoms with Crippen LogP contribution in [0.1, 0.15) is 0 Å². The van der Waals surface area contributed by atoms with Crippen LogP contribution in [-0.2, 0) is 9.59 Å². The van der Waals surface area contributed by atoms with Crippen LogP contribution in [0.4, 0.5) is 0 Å². The van der Waals surface area contributed by atoms with Gasteiger partial charge < -0.3 is 0 Å². The molecule has 2 amide bonds. The minimum Gasteiger partial charge on any atom is -0.282 e. The van der Waals surface area contributed by atoms with Crippen LogP contribution in [-0.4, -0.2) is 11.8 Å². The minimum absolute atomic E-state index is 0.585. The maximum Gasteiger partial charge on any atom is 0.302 e. The Morgan fingerprint density at radius 3 is 2.56 bits per heavy atom. The van der Waals surface area contributed by atoms with E-state index in [4.69, 9.17) is 0 Å². The molecular weight excluding hydrogens is 118 g/mol. The number of rotatable bonds is 1. The Labute approximate surface area is 52.7 Å². The Bertz CT molecular complexity index is 188. The lowest BCUT2D eigenvalue weighted by Gasteiger charge is -1.89. The molecule has 0 saturated heterocycles. The Kier molecular flexibility index (Phi) is 2.85. The second-order valence-electron chi connectivity index (χ2n) is 1.17. The number of carbonyl (C=O) groups excluding carboxylic acids is 2. The first-order valence-corrected chi connectivity index (χ1v) is 2.14. The molecule has 0 aliphatic carbocycles. The van der Waals surface area contributed by atoms with Gasteiger partial charge in [-0.05, 0) is 12.0 Å². The number of carbonyl (C=O) groups is 2. The molecule has 46 valence electrons. The van der Waals surface area contributed by atoms with Crippen LogP contribution < -0.4 is 5.32 Å².